The molecular weight excluding hydrogens is 332 g/mol. The largest absolute Gasteiger partial charge is 0.450 e. The van der Waals surface area contributed by atoms with Gasteiger partial charge in [-0.25, -0.2) is 4.79 Å². The van der Waals surface area contributed by atoms with Crippen molar-refractivity contribution in [2.24, 2.45) is 5.92 Å². The SMILES string of the molecule is CCOC(=O)N1CCC(C(=O)NCCSCc2ccsc2)CC1. The molecular formula is C16H24N2O3S2. The number of thiophene rings is 1. The Morgan fingerprint density at radius 1 is 1.43 bits per heavy atom. The lowest BCUT2D eigenvalue weighted by molar-refractivity contribution is -0.126. The van der Waals surface area contributed by atoms with E-state index < -0.39 is 0 Å². The van der Waals surface area contributed by atoms with Crippen LogP contribution in [-0.4, -0.2) is 48.9 Å². The van der Waals surface area contributed by atoms with Crippen LogP contribution in [0.15, 0.2) is 16.8 Å². The summed E-state index contributed by atoms with van der Waals surface area (Å²) < 4.78 is 4.98. The summed E-state index contributed by atoms with van der Waals surface area (Å²) in [5.41, 5.74) is 1.35. The van der Waals surface area contributed by atoms with Crippen molar-refractivity contribution in [3.05, 3.63) is 22.4 Å². The quantitative estimate of drug-likeness (QED) is 0.763. The number of hydrogen-bond acceptors (Lipinski definition) is 5. The minimum absolute atomic E-state index is 0.0163. The summed E-state index contributed by atoms with van der Waals surface area (Å²) in [5.74, 6) is 2.05. The molecule has 0 aliphatic carbocycles. The van der Waals surface area contributed by atoms with Gasteiger partial charge in [-0.1, -0.05) is 0 Å². The van der Waals surface area contributed by atoms with Gasteiger partial charge in [0.15, 0.2) is 0 Å². The molecule has 2 amide bonds. The van der Waals surface area contributed by atoms with Crippen LogP contribution >= 0.6 is 23.1 Å². The number of nitrogens with zero attached hydrogens (tertiary/aromatic N) is 1. The molecule has 1 fully saturated rings. The van der Waals surface area contributed by atoms with Crippen LogP contribution in [0.2, 0.25) is 0 Å². The van der Waals surface area contributed by atoms with Crippen molar-refractivity contribution in [3.8, 4) is 0 Å². The van der Waals surface area contributed by atoms with Crippen LogP contribution < -0.4 is 5.32 Å². The fraction of sp³-hybridized carbons (Fsp3) is 0.625. The monoisotopic (exact) mass is 356 g/mol. The zero-order valence-corrected chi connectivity index (χ0v) is 15.1. The van der Waals surface area contributed by atoms with Crippen LogP contribution in [0.4, 0.5) is 4.79 Å². The number of ether oxygens (including phenoxy) is 1. The maximum atomic E-state index is 12.1. The molecule has 0 spiro atoms. The van der Waals surface area contributed by atoms with Crippen molar-refractivity contribution in [1.82, 2.24) is 10.2 Å². The number of carbonyl (C=O) groups excluding carboxylic acids is 2. The fourth-order valence-electron chi connectivity index (χ4n) is 2.49. The van der Waals surface area contributed by atoms with E-state index in [0.717, 1.165) is 11.5 Å². The van der Waals surface area contributed by atoms with Crippen molar-refractivity contribution < 1.29 is 14.3 Å². The van der Waals surface area contributed by atoms with Gasteiger partial charge in [0.1, 0.15) is 0 Å². The first-order valence-electron chi connectivity index (χ1n) is 7.99. The summed E-state index contributed by atoms with van der Waals surface area (Å²) in [7, 11) is 0. The first kappa shape index (κ1) is 18.1. The molecule has 1 aromatic heterocycles. The van der Waals surface area contributed by atoms with E-state index in [0.29, 0.717) is 39.1 Å². The molecule has 1 saturated heterocycles. The molecule has 1 aromatic rings. The third kappa shape index (κ3) is 6.06. The Balaban J connectivity index is 1.57. The highest BCUT2D eigenvalue weighted by Gasteiger charge is 2.27. The number of nitrogens with one attached hydrogen (secondary N) is 1. The minimum Gasteiger partial charge on any atom is -0.450 e. The van der Waals surface area contributed by atoms with Crippen molar-refractivity contribution in [3.63, 3.8) is 0 Å². The maximum Gasteiger partial charge on any atom is 0.409 e. The van der Waals surface area contributed by atoms with Crippen molar-refractivity contribution in [2.45, 2.75) is 25.5 Å². The van der Waals surface area contributed by atoms with Crippen LogP contribution in [0.3, 0.4) is 0 Å². The van der Waals surface area contributed by atoms with Crippen LogP contribution in [0.1, 0.15) is 25.3 Å². The third-order valence-electron chi connectivity index (χ3n) is 3.79. The van der Waals surface area contributed by atoms with Gasteiger partial charge >= 0.3 is 6.09 Å². The number of carbonyl (C=O) groups is 2. The van der Waals surface area contributed by atoms with E-state index >= 15 is 0 Å². The van der Waals surface area contributed by atoms with E-state index in [1.165, 1.54) is 5.56 Å². The number of piperidine rings is 1. The summed E-state index contributed by atoms with van der Waals surface area (Å²) in [4.78, 5) is 25.4. The summed E-state index contributed by atoms with van der Waals surface area (Å²) in [6, 6.07) is 2.13. The van der Waals surface area contributed by atoms with Gasteiger partial charge in [0.05, 0.1) is 6.61 Å². The molecule has 0 unspecified atom stereocenters. The molecule has 2 rings (SSSR count). The van der Waals surface area contributed by atoms with Crippen LogP contribution in [0, 0.1) is 5.92 Å². The Hall–Kier alpha value is -1.21. The summed E-state index contributed by atoms with van der Waals surface area (Å²) in [6.07, 6.45) is 1.16. The Labute approximate surface area is 145 Å². The van der Waals surface area contributed by atoms with Gasteiger partial charge in [0.2, 0.25) is 5.91 Å². The average molecular weight is 357 g/mol. The first-order chi connectivity index (χ1) is 11.2. The zero-order valence-electron chi connectivity index (χ0n) is 13.5. The Kier molecular flexibility index (Phi) is 7.74. The van der Waals surface area contributed by atoms with Crippen LogP contribution in [0.5, 0.6) is 0 Å². The van der Waals surface area contributed by atoms with Crippen LogP contribution in [-0.2, 0) is 15.3 Å². The van der Waals surface area contributed by atoms with E-state index in [4.69, 9.17) is 4.74 Å². The normalized spacial score (nSPS) is 15.4. The number of thioether (sulfide) groups is 1. The van der Waals surface area contributed by atoms with E-state index in [1.807, 2.05) is 11.8 Å². The number of amides is 2. The topological polar surface area (TPSA) is 58.6 Å². The summed E-state index contributed by atoms with van der Waals surface area (Å²) >= 11 is 3.54. The second-order valence-corrected chi connectivity index (χ2v) is 7.32. The molecule has 0 bridgehead atoms. The highest BCUT2D eigenvalue weighted by atomic mass is 32.2. The molecule has 5 nitrogen and oxygen atoms in total. The molecule has 0 atom stereocenters. The molecule has 7 heteroatoms. The lowest BCUT2D eigenvalue weighted by atomic mass is 9.96. The van der Waals surface area contributed by atoms with Gasteiger partial charge < -0.3 is 15.0 Å². The van der Waals surface area contributed by atoms with Gasteiger partial charge in [-0.05, 0) is 42.2 Å². The van der Waals surface area contributed by atoms with Gasteiger partial charge in [-0.15, -0.1) is 0 Å². The predicted molar refractivity (Wildman–Crippen MR) is 94.8 cm³/mol. The molecule has 128 valence electrons. The highest BCUT2D eigenvalue weighted by Crippen LogP contribution is 2.18. The molecule has 2 heterocycles. The van der Waals surface area contributed by atoms with E-state index in [2.05, 4.69) is 22.1 Å². The molecule has 0 aromatic carbocycles. The van der Waals surface area contributed by atoms with Gasteiger partial charge in [-0.2, -0.15) is 23.1 Å². The second-order valence-electron chi connectivity index (χ2n) is 5.44. The number of rotatable bonds is 7. The Morgan fingerprint density at radius 3 is 2.87 bits per heavy atom. The van der Waals surface area contributed by atoms with Crippen molar-refractivity contribution in [1.29, 1.82) is 0 Å². The van der Waals surface area contributed by atoms with E-state index in [-0.39, 0.29) is 17.9 Å². The number of likely N-dealkylation sites (tertiary alicyclic amines) is 1. The maximum absolute atomic E-state index is 12.1. The van der Waals surface area contributed by atoms with Crippen molar-refractivity contribution >= 4 is 35.1 Å². The zero-order chi connectivity index (χ0) is 16.5. The number of hydrogen-bond donors (Lipinski definition) is 1. The smallest absolute Gasteiger partial charge is 0.409 e. The van der Waals surface area contributed by atoms with E-state index in [9.17, 15) is 9.59 Å². The molecule has 23 heavy (non-hydrogen) atoms. The van der Waals surface area contributed by atoms with Crippen LogP contribution in [0.25, 0.3) is 0 Å². The molecule has 1 aliphatic rings. The molecule has 1 aliphatic heterocycles. The average Bonchev–Trinajstić information content (AvgIpc) is 3.08. The van der Waals surface area contributed by atoms with Crippen molar-refractivity contribution in [2.75, 3.05) is 32.0 Å². The lowest BCUT2D eigenvalue weighted by Gasteiger charge is -2.30. The van der Waals surface area contributed by atoms with Gasteiger partial charge in [0.25, 0.3) is 0 Å². The van der Waals surface area contributed by atoms with Gasteiger partial charge in [0, 0.05) is 37.1 Å². The first-order valence-corrected chi connectivity index (χ1v) is 10.1. The summed E-state index contributed by atoms with van der Waals surface area (Å²) in [5, 5.41) is 7.25. The second kappa shape index (κ2) is 9.82. The van der Waals surface area contributed by atoms with E-state index in [1.54, 1.807) is 23.2 Å². The van der Waals surface area contributed by atoms with Gasteiger partial charge in [-0.3, -0.25) is 4.79 Å². The molecule has 0 radical (unpaired) electrons. The molecule has 0 saturated carbocycles. The standard InChI is InChI=1S/C16H24N2O3S2/c1-2-21-16(20)18-7-3-14(4-8-18)15(19)17-6-10-23-12-13-5-9-22-11-13/h5,9,11,14H,2-4,6-8,10,12H2,1H3,(H,17,19). The molecule has 1 N–H and O–H groups in total. The lowest BCUT2D eigenvalue weighted by Crippen LogP contribution is -2.43. The Morgan fingerprint density at radius 2 is 2.22 bits per heavy atom. The Bertz CT molecular complexity index is 486. The highest BCUT2D eigenvalue weighted by molar-refractivity contribution is 7.98. The summed E-state index contributed by atoms with van der Waals surface area (Å²) in [6.45, 7) is 4.09. The fourth-order valence-corrected chi connectivity index (χ4v) is 4.07. The minimum atomic E-state index is -0.267. The third-order valence-corrected chi connectivity index (χ3v) is 5.55. The predicted octanol–water partition coefficient (Wildman–Crippen LogP) is 2.97.